The molecule has 2 aromatic heterocycles. The Morgan fingerprint density at radius 2 is 2.11 bits per heavy atom. The average Bonchev–Trinajstić information content (AvgIpc) is 2.82. The molecule has 18 heavy (non-hydrogen) atoms. The first-order valence-electron chi connectivity index (χ1n) is 5.47. The van der Waals surface area contributed by atoms with Gasteiger partial charge in [0, 0.05) is 21.8 Å². The van der Waals surface area contributed by atoms with Crippen LogP contribution in [-0.4, -0.2) is 15.7 Å². The number of carbonyl (C=O) groups excluding carboxylic acids is 1. The lowest BCUT2D eigenvalue weighted by molar-refractivity contribution is 0.112. The van der Waals surface area contributed by atoms with Gasteiger partial charge < -0.3 is 0 Å². The van der Waals surface area contributed by atoms with Crippen LogP contribution in [0.15, 0.2) is 53.3 Å². The predicted octanol–water partition coefficient (Wildman–Crippen LogP) is 3.58. The highest BCUT2D eigenvalue weighted by Gasteiger charge is 2.08. The van der Waals surface area contributed by atoms with Gasteiger partial charge in [-0.2, -0.15) is 0 Å². The molecule has 0 N–H and O–H groups in total. The van der Waals surface area contributed by atoms with E-state index >= 15 is 0 Å². The number of carbonyl (C=O) groups is 1. The molecule has 1 aromatic carbocycles. The van der Waals surface area contributed by atoms with Gasteiger partial charge in [0.05, 0.1) is 11.7 Å². The van der Waals surface area contributed by atoms with E-state index in [1.165, 1.54) is 0 Å². The number of imidazole rings is 1. The Labute approximate surface area is 112 Å². The minimum atomic E-state index is 0.645. The van der Waals surface area contributed by atoms with Crippen molar-refractivity contribution in [1.82, 2.24) is 9.38 Å². The molecule has 0 aliphatic carbocycles. The van der Waals surface area contributed by atoms with Crippen LogP contribution in [-0.2, 0) is 0 Å². The number of hydrogen-bond donors (Lipinski definition) is 0. The number of aldehydes is 1. The molecule has 0 unspecified atom stereocenters. The molecule has 0 saturated heterocycles. The lowest BCUT2D eigenvalue weighted by Gasteiger charge is -2.02. The van der Waals surface area contributed by atoms with Gasteiger partial charge in [0.2, 0.25) is 0 Å². The van der Waals surface area contributed by atoms with Crippen molar-refractivity contribution in [3.63, 3.8) is 0 Å². The van der Waals surface area contributed by atoms with E-state index in [0.717, 1.165) is 27.7 Å². The Kier molecular flexibility index (Phi) is 2.72. The van der Waals surface area contributed by atoms with Crippen molar-refractivity contribution in [2.24, 2.45) is 0 Å². The largest absolute Gasteiger partial charge is 0.299 e. The van der Waals surface area contributed by atoms with Crippen LogP contribution >= 0.6 is 15.9 Å². The predicted molar refractivity (Wildman–Crippen MR) is 73.7 cm³/mol. The Balaban J connectivity index is 2.28. The van der Waals surface area contributed by atoms with Crippen LogP contribution in [0.2, 0.25) is 0 Å². The van der Waals surface area contributed by atoms with Crippen molar-refractivity contribution < 1.29 is 4.79 Å². The topological polar surface area (TPSA) is 34.4 Å². The lowest BCUT2D eigenvalue weighted by Crippen LogP contribution is -1.91. The first kappa shape index (κ1) is 11.2. The summed E-state index contributed by atoms with van der Waals surface area (Å²) in [6.07, 6.45) is 4.48. The summed E-state index contributed by atoms with van der Waals surface area (Å²) in [7, 11) is 0. The van der Waals surface area contributed by atoms with E-state index < -0.39 is 0 Å². The maximum absolute atomic E-state index is 11.0. The average molecular weight is 301 g/mol. The smallest absolute Gasteiger partial charge is 0.152 e. The first-order valence-corrected chi connectivity index (χ1v) is 6.26. The standard InChI is InChI=1S/C14H9BrN2O/c15-12-5-1-3-10(7-12)14-16-8-13-11(9-18)4-2-6-17(13)14/h1-9H. The molecule has 2 heterocycles. The Morgan fingerprint density at radius 3 is 2.89 bits per heavy atom. The molecule has 0 aliphatic heterocycles. The van der Waals surface area contributed by atoms with E-state index in [9.17, 15) is 4.79 Å². The van der Waals surface area contributed by atoms with Crippen molar-refractivity contribution in [3.05, 3.63) is 58.8 Å². The third-order valence-electron chi connectivity index (χ3n) is 2.81. The van der Waals surface area contributed by atoms with E-state index in [2.05, 4.69) is 20.9 Å². The molecule has 4 heteroatoms. The normalized spacial score (nSPS) is 10.7. The molecule has 0 saturated carbocycles. The second-order valence-electron chi connectivity index (χ2n) is 3.93. The molecule has 3 rings (SSSR count). The molecule has 88 valence electrons. The highest BCUT2D eigenvalue weighted by molar-refractivity contribution is 9.10. The number of pyridine rings is 1. The third-order valence-corrected chi connectivity index (χ3v) is 3.31. The zero-order chi connectivity index (χ0) is 12.5. The van der Waals surface area contributed by atoms with Crippen LogP contribution in [0, 0.1) is 0 Å². The van der Waals surface area contributed by atoms with Crippen molar-refractivity contribution in [3.8, 4) is 11.4 Å². The number of fused-ring (bicyclic) bond motifs is 1. The quantitative estimate of drug-likeness (QED) is 0.678. The van der Waals surface area contributed by atoms with Crippen molar-refractivity contribution in [2.45, 2.75) is 0 Å². The van der Waals surface area contributed by atoms with Gasteiger partial charge >= 0.3 is 0 Å². The van der Waals surface area contributed by atoms with Crippen molar-refractivity contribution in [2.75, 3.05) is 0 Å². The second-order valence-corrected chi connectivity index (χ2v) is 4.84. The van der Waals surface area contributed by atoms with Crippen molar-refractivity contribution >= 4 is 27.7 Å². The minimum Gasteiger partial charge on any atom is -0.299 e. The molecule has 0 radical (unpaired) electrons. The van der Waals surface area contributed by atoms with E-state index in [1.807, 2.05) is 40.9 Å². The zero-order valence-electron chi connectivity index (χ0n) is 9.38. The van der Waals surface area contributed by atoms with Gasteiger partial charge in [0.15, 0.2) is 6.29 Å². The Bertz CT molecular complexity index is 733. The second kappa shape index (κ2) is 4.38. The fraction of sp³-hybridized carbons (Fsp3) is 0. The highest BCUT2D eigenvalue weighted by Crippen LogP contribution is 2.23. The first-order chi connectivity index (χ1) is 8.79. The summed E-state index contributed by atoms with van der Waals surface area (Å²) < 4.78 is 2.93. The summed E-state index contributed by atoms with van der Waals surface area (Å²) in [5, 5.41) is 0. The van der Waals surface area contributed by atoms with Crippen molar-refractivity contribution in [1.29, 1.82) is 0 Å². The molecular weight excluding hydrogens is 292 g/mol. The summed E-state index contributed by atoms with van der Waals surface area (Å²) in [5.74, 6) is 0.829. The molecule has 0 atom stereocenters. The Morgan fingerprint density at radius 1 is 1.22 bits per heavy atom. The van der Waals surface area contributed by atoms with Gasteiger partial charge in [-0.05, 0) is 24.3 Å². The molecule has 0 fully saturated rings. The van der Waals surface area contributed by atoms with Gasteiger partial charge in [-0.15, -0.1) is 0 Å². The Hall–Kier alpha value is -1.94. The SMILES string of the molecule is O=Cc1cccn2c(-c3cccc(Br)c3)ncc12. The fourth-order valence-electron chi connectivity index (χ4n) is 1.98. The maximum Gasteiger partial charge on any atom is 0.152 e. The summed E-state index contributed by atoms with van der Waals surface area (Å²) >= 11 is 3.45. The van der Waals surface area contributed by atoms with Crippen LogP contribution in [0.3, 0.4) is 0 Å². The zero-order valence-corrected chi connectivity index (χ0v) is 11.0. The molecule has 0 spiro atoms. The number of nitrogens with zero attached hydrogens (tertiary/aromatic N) is 2. The third kappa shape index (κ3) is 1.75. The van der Waals surface area contributed by atoms with Crippen LogP contribution in [0.5, 0.6) is 0 Å². The number of hydrogen-bond acceptors (Lipinski definition) is 2. The summed E-state index contributed by atoms with van der Waals surface area (Å²) in [6.45, 7) is 0. The highest BCUT2D eigenvalue weighted by atomic mass is 79.9. The van der Waals surface area contributed by atoms with Gasteiger partial charge in [-0.1, -0.05) is 28.1 Å². The van der Waals surface area contributed by atoms with E-state index in [4.69, 9.17) is 0 Å². The van der Waals surface area contributed by atoms with E-state index in [-0.39, 0.29) is 0 Å². The summed E-state index contributed by atoms with van der Waals surface area (Å²) in [4.78, 5) is 15.4. The van der Waals surface area contributed by atoms with Crippen LogP contribution in [0.25, 0.3) is 16.9 Å². The van der Waals surface area contributed by atoms with Gasteiger partial charge in [0.25, 0.3) is 0 Å². The lowest BCUT2D eigenvalue weighted by atomic mass is 10.2. The molecule has 3 aromatic rings. The number of halogens is 1. The van der Waals surface area contributed by atoms with Crippen LogP contribution in [0.4, 0.5) is 0 Å². The monoisotopic (exact) mass is 300 g/mol. The molecule has 0 aliphatic rings. The summed E-state index contributed by atoms with van der Waals surface area (Å²) in [6, 6.07) is 11.6. The van der Waals surface area contributed by atoms with Crippen LogP contribution < -0.4 is 0 Å². The minimum absolute atomic E-state index is 0.645. The fourth-order valence-corrected chi connectivity index (χ4v) is 2.38. The van der Waals surface area contributed by atoms with E-state index in [1.54, 1.807) is 12.3 Å². The molecule has 0 amide bonds. The van der Waals surface area contributed by atoms with Gasteiger partial charge in [0.1, 0.15) is 5.82 Å². The van der Waals surface area contributed by atoms with Gasteiger partial charge in [-0.25, -0.2) is 4.98 Å². The van der Waals surface area contributed by atoms with E-state index in [0.29, 0.717) is 5.56 Å². The number of aromatic nitrogens is 2. The maximum atomic E-state index is 11.0. The van der Waals surface area contributed by atoms with Gasteiger partial charge in [-0.3, -0.25) is 9.20 Å². The number of benzene rings is 1. The molecule has 0 bridgehead atoms. The van der Waals surface area contributed by atoms with Crippen LogP contribution in [0.1, 0.15) is 10.4 Å². The number of rotatable bonds is 2. The molecule has 3 nitrogen and oxygen atoms in total. The summed E-state index contributed by atoms with van der Waals surface area (Å²) in [5.41, 5.74) is 2.47. The molecular formula is C14H9BrN2O.